The van der Waals surface area contributed by atoms with E-state index in [1.807, 2.05) is 13.8 Å². The first kappa shape index (κ1) is 27.0. The minimum atomic E-state index is -0.0349. The first-order chi connectivity index (χ1) is 15.7. The van der Waals surface area contributed by atoms with E-state index in [4.69, 9.17) is 0 Å². The molecule has 0 N–H and O–H groups in total. The van der Waals surface area contributed by atoms with Gasteiger partial charge in [-0.15, -0.1) is 0 Å². The second kappa shape index (κ2) is 9.47. The molecule has 0 atom stereocenters. The van der Waals surface area contributed by atoms with E-state index in [0.29, 0.717) is 30.3 Å². The largest absolute Gasteiger partial charge is 0.372 e. The molecule has 3 rings (SSSR count). The highest BCUT2D eigenvalue weighted by atomic mass is 16.1. The fourth-order valence-electron chi connectivity index (χ4n) is 6.49. The van der Waals surface area contributed by atoms with Crippen LogP contribution in [-0.2, 0) is 9.59 Å². The molecule has 0 spiro atoms. The summed E-state index contributed by atoms with van der Waals surface area (Å²) in [5.74, 6) is 1.18. The number of Topliss-reactive ketones (excluding diaryl/α,β-unsaturated/α-hetero) is 2. The van der Waals surface area contributed by atoms with Crippen molar-refractivity contribution in [2.24, 2.45) is 16.7 Å². The molecule has 0 aromatic carbocycles. The zero-order valence-electron chi connectivity index (χ0n) is 23.5. The molecule has 0 saturated heterocycles. The summed E-state index contributed by atoms with van der Waals surface area (Å²) in [7, 11) is 0. The van der Waals surface area contributed by atoms with Gasteiger partial charge in [0, 0.05) is 60.6 Å². The lowest BCUT2D eigenvalue weighted by Gasteiger charge is -2.54. The summed E-state index contributed by atoms with van der Waals surface area (Å²) < 4.78 is 0. The van der Waals surface area contributed by atoms with Gasteiger partial charge < -0.3 is 9.80 Å². The molecule has 0 bridgehead atoms. The monoisotopic (exact) mass is 470 g/mol. The molecule has 3 aliphatic rings. The first-order valence-corrected chi connectivity index (χ1v) is 13.7. The summed E-state index contributed by atoms with van der Waals surface area (Å²) in [5, 5.41) is 0. The summed E-state index contributed by atoms with van der Waals surface area (Å²) in [6.07, 6.45) is 12.3. The Bertz CT molecular complexity index is 853. The Morgan fingerprint density at radius 2 is 1.29 bits per heavy atom. The molecule has 2 aliphatic heterocycles. The van der Waals surface area contributed by atoms with Gasteiger partial charge in [-0.3, -0.25) is 9.59 Å². The van der Waals surface area contributed by atoms with Crippen molar-refractivity contribution >= 4 is 11.6 Å². The average Bonchev–Trinajstić information content (AvgIpc) is 2.77. The topological polar surface area (TPSA) is 40.6 Å². The first-order valence-electron chi connectivity index (χ1n) is 13.7. The molecule has 0 aromatic rings. The van der Waals surface area contributed by atoms with Gasteiger partial charge in [0.1, 0.15) is 0 Å². The fourth-order valence-corrected chi connectivity index (χ4v) is 6.49. The highest BCUT2D eigenvalue weighted by molar-refractivity contribution is 5.96. The molecule has 0 aromatic heterocycles. The van der Waals surface area contributed by atoms with Crippen LogP contribution in [0.5, 0.6) is 0 Å². The zero-order chi connectivity index (χ0) is 25.5. The maximum Gasteiger partial charge on any atom is 0.160 e. The molecule has 2 heterocycles. The third-order valence-corrected chi connectivity index (χ3v) is 9.72. The third kappa shape index (κ3) is 5.02. The van der Waals surface area contributed by atoms with Crippen molar-refractivity contribution < 1.29 is 9.59 Å². The second-order valence-corrected chi connectivity index (χ2v) is 13.2. The Balaban J connectivity index is 1.76. The Labute approximate surface area is 209 Å². The van der Waals surface area contributed by atoms with Gasteiger partial charge in [0.05, 0.1) is 0 Å². The van der Waals surface area contributed by atoms with Crippen LogP contribution in [0.4, 0.5) is 0 Å². The number of allylic oxidation sites excluding steroid dienone is 2. The van der Waals surface area contributed by atoms with Gasteiger partial charge in [-0.1, -0.05) is 41.5 Å². The molecular formula is C30H50N2O2. The van der Waals surface area contributed by atoms with E-state index in [1.54, 1.807) is 0 Å². The van der Waals surface area contributed by atoms with Crippen LogP contribution in [0.1, 0.15) is 114 Å². The highest BCUT2D eigenvalue weighted by Gasteiger charge is 2.45. The lowest BCUT2D eigenvalue weighted by atomic mass is 9.67. The minimum Gasteiger partial charge on any atom is -0.372 e. The molecule has 1 aliphatic carbocycles. The lowest BCUT2D eigenvalue weighted by molar-refractivity contribution is -0.117. The molecule has 0 radical (unpaired) electrons. The van der Waals surface area contributed by atoms with Crippen molar-refractivity contribution in [1.29, 1.82) is 0 Å². The molecule has 1 fully saturated rings. The normalized spacial score (nSPS) is 29.4. The summed E-state index contributed by atoms with van der Waals surface area (Å²) in [6.45, 7) is 22.0. The number of ketones is 2. The van der Waals surface area contributed by atoms with Crippen molar-refractivity contribution in [1.82, 2.24) is 9.80 Å². The number of hydrogen-bond acceptors (Lipinski definition) is 4. The van der Waals surface area contributed by atoms with Gasteiger partial charge in [0.15, 0.2) is 11.6 Å². The molecule has 192 valence electrons. The maximum atomic E-state index is 12.7. The zero-order valence-corrected chi connectivity index (χ0v) is 23.5. The van der Waals surface area contributed by atoms with E-state index in [2.05, 4.69) is 70.7 Å². The molecular weight excluding hydrogens is 420 g/mol. The van der Waals surface area contributed by atoms with Crippen LogP contribution in [0, 0.1) is 16.7 Å². The molecule has 0 amide bonds. The molecule has 4 heteroatoms. The summed E-state index contributed by atoms with van der Waals surface area (Å²) in [5.41, 5.74) is 2.10. The summed E-state index contributed by atoms with van der Waals surface area (Å²) >= 11 is 0. The van der Waals surface area contributed by atoms with Crippen LogP contribution < -0.4 is 0 Å². The molecule has 34 heavy (non-hydrogen) atoms. The van der Waals surface area contributed by atoms with E-state index in [1.165, 1.54) is 12.8 Å². The van der Waals surface area contributed by atoms with Crippen molar-refractivity contribution in [2.75, 3.05) is 13.1 Å². The van der Waals surface area contributed by atoms with Crippen LogP contribution in [0.2, 0.25) is 0 Å². The van der Waals surface area contributed by atoms with Crippen molar-refractivity contribution in [3.05, 3.63) is 23.5 Å². The third-order valence-electron chi connectivity index (χ3n) is 9.72. The molecule has 1 saturated carbocycles. The van der Waals surface area contributed by atoms with Gasteiger partial charge in [-0.25, -0.2) is 0 Å². The van der Waals surface area contributed by atoms with Crippen molar-refractivity contribution in [3.8, 4) is 0 Å². The van der Waals surface area contributed by atoms with Crippen LogP contribution >= 0.6 is 0 Å². The van der Waals surface area contributed by atoms with Crippen molar-refractivity contribution in [2.45, 2.75) is 125 Å². The number of carbonyl (C=O) groups excluding carboxylic acids is 2. The van der Waals surface area contributed by atoms with E-state index < -0.39 is 0 Å². The van der Waals surface area contributed by atoms with Crippen LogP contribution in [-0.4, -0.2) is 45.5 Å². The van der Waals surface area contributed by atoms with Gasteiger partial charge in [-0.2, -0.15) is 0 Å². The smallest absolute Gasteiger partial charge is 0.160 e. The van der Waals surface area contributed by atoms with Crippen LogP contribution in [0.15, 0.2) is 23.5 Å². The number of rotatable bonds is 7. The number of nitrogens with zero attached hydrogens (tertiary/aromatic N) is 2. The molecule has 0 unspecified atom stereocenters. The van der Waals surface area contributed by atoms with Gasteiger partial charge in [-0.05, 0) is 76.0 Å². The maximum absolute atomic E-state index is 12.7. The number of carbonyl (C=O) groups is 2. The average molecular weight is 471 g/mol. The molecule has 4 nitrogen and oxygen atoms in total. The lowest BCUT2D eigenvalue weighted by Crippen LogP contribution is -2.55. The van der Waals surface area contributed by atoms with Gasteiger partial charge in [0.25, 0.3) is 0 Å². The van der Waals surface area contributed by atoms with Crippen LogP contribution in [0.3, 0.4) is 0 Å². The predicted octanol–water partition coefficient (Wildman–Crippen LogP) is 6.90. The predicted molar refractivity (Wildman–Crippen MR) is 141 cm³/mol. The summed E-state index contributed by atoms with van der Waals surface area (Å²) in [6, 6.07) is 0. The van der Waals surface area contributed by atoms with E-state index >= 15 is 0 Å². The highest BCUT2D eigenvalue weighted by Crippen LogP contribution is 2.47. The Kier molecular flexibility index (Phi) is 7.52. The Hall–Kier alpha value is -1.58. The standard InChI is InChI=1S/C30H50N2O2/c1-10-25(33)23-20-31(18-16-27(23,3)4)29(7,8)22-12-14-30(9,15-13-22)32-19-17-28(5,6)24(21-32)26(34)11-2/h20-22H,10-19H2,1-9H3. The minimum absolute atomic E-state index is 0.0266. The Morgan fingerprint density at radius 1 is 0.824 bits per heavy atom. The van der Waals surface area contributed by atoms with Gasteiger partial charge >= 0.3 is 0 Å². The number of hydrogen-bond donors (Lipinski definition) is 0. The second-order valence-electron chi connectivity index (χ2n) is 13.2. The van der Waals surface area contributed by atoms with Gasteiger partial charge in [0.2, 0.25) is 0 Å². The van der Waals surface area contributed by atoms with E-state index in [-0.39, 0.29) is 21.9 Å². The quantitative estimate of drug-likeness (QED) is 0.405. The Morgan fingerprint density at radius 3 is 1.79 bits per heavy atom. The van der Waals surface area contributed by atoms with Crippen LogP contribution in [0.25, 0.3) is 0 Å². The van der Waals surface area contributed by atoms with E-state index in [0.717, 1.165) is 49.9 Å². The SMILES string of the molecule is CCC(=O)C1=CN(C2(C)CCC(C(C)(C)N3C=C(C(=O)CC)C(C)(C)CC3)CC2)CCC1(C)C. The summed E-state index contributed by atoms with van der Waals surface area (Å²) in [4.78, 5) is 30.4. The van der Waals surface area contributed by atoms with Crippen molar-refractivity contribution in [3.63, 3.8) is 0 Å². The van der Waals surface area contributed by atoms with E-state index in [9.17, 15) is 9.59 Å². The fraction of sp³-hybridized carbons (Fsp3) is 0.800.